The third kappa shape index (κ3) is 5.37. The summed E-state index contributed by atoms with van der Waals surface area (Å²) < 4.78 is 27.0. The van der Waals surface area contributed by atoms with Gasteiger partial charge in [0.1, 0.15) is 73.4 Å². The minimum Gasteiger partial charge on any atom is -0.394 e. The molecular weight excluding hydrogens is 468 g/mol. The molecule has 3 fully saturated rings. The summed E-state index contributed by atoms with van der Waals surface area (Å²) in [6.45, 7) is -2.09. The van der Waals surface area contributed by atoms with Crippen molar-refractivity contribution in [2.45, 2.75) is 92.0 Å². The van der Waals surface area contributed by atoms with Gasteiger partial charge in [-0.25, -0.2) is 0 Å². The molecule has 3 aliphatic heterocycles. The van der Waals surface area contributed by atoms with E-state index in [1.54, 1.807) is 0 Å². The first-order chi connectivity index (χ1) is 16.0. The molecule has 3 rings (SSSR count). The van der Waals surface area contributed by atoms with E-state index in [0.29, 0.717) is 0 Å². The zero-order chi connectivity index (χ0) is 25.3. The van der Waals surface area contributed by atoms with Crippen LogP contribution in [-0.4, -0.2) is 158 Å². The van der Waals surface area contributed by atoms with Crippen molar-refractivity contribution in [3.05, 3.63) is 0 Å². The number of hydrogen-bond donors (Lipinski definition) is 11. The fourth-order valence-corrected chi connectivity index (χ4v) is 4.15. The molecule has 0 spiro atoms. The molecule has 0 aromatic carbocycles. The Labute approximate surface area is 193 Å². The van der Waals surface area contributed by atoms with Gasteiger partial charge in [0, 0.05) is 0 Å². The Morgan fingerprint density at radius 3 is 1.50 bits per heavy atom. The van der Waals surface area contributed by atoms with Crippen LogP contribution in [0.4, 0.5) is 0 Å². The molecule has 15 unspecified atom stereocenters. The first kappa shape index (κ1) is 27.9. The van der Waals surface area contributed by atoms with Crippen LogP contribution in [0.25, 0.3) is 0 Å². The Balaban J connectivity index is 1.72. The number of aliphatic hydroxyl groups is 9. The molecule has 0 radical (unpaired) electrons. The van der Waals surface area contributed by atoms with E-state index in [1.165, 1.54) is 0 Å². The SMILES string of the molecule is NC1OC(CO)C(OC2OC(CO)C(OC3OC(CO)C(O)C(N)C3O)C(O)C2O)C(O)C1O. The molecule has 3 heterocycles. The lowest BCUT2D eigenvalue weighted by Gasteiger charge is -2.48. The number of nitrogens with two attached hydrogens (primary N) is 2. The van der Waals surface area contributed by atoms with Crippen molar-refractivity contribution in [1.82, 2.24) is 0 Å². The standard InChI is InChI=1S/C18H34N2O14/c19-7-8(24)4(1-21)31-17(9(7)25)33-15-6(3-23)32-18(13(29)11(15)27)34-14-5(2-22)30-16(20)12(28)10(14)26/h4-18,21-29H,1-3,19-20H2. The molecule has 0 aromatic rings. The second kappa shape index (κ2) is 11.6. The molecule has 0 saturated carbocycles. The molecule has 0 bridgehead atoms. The van der Waals surface area contributed by atoms with Gasteiger partial charge in [-0.05, 0) is 0 Å². The summed E-state index contributed by atoms with van der Waals surface area (Å²) in [4.78, 5) is 0. The number of aliphatic hydroxyl groups excluding tert-OH is 9. The maximum absolute atomic E-state index is 10.7. The smallest absolute Gasteiger partial charge is 0.187 e. The predicted octanol–water partition coefficient (Wildman–Crippen LogP) is -7.64. The molecule has 200 valence electrons. The normalized spacial score (nSPS) is 52.5. The lowest BCUT2D eigenvalue weighted by Crippen LogP contribution is -2.67. The van der Waals surface area contributed by atoms with Gasteiger partial charge in [0.15, 0.2) is 12.6 Å². The highest BCUT2D eigenvalue weighted by atomic mass is 16.7. The fraction of sp³-hybridized carbons (Fsp3) is 1.00. The first-order valence-electron chi connectivity index (χ1n) is 10.7. The van der Waals surface area contributed by atoms with Crippen LogP contribution in [0.15, 0.2) is 0 Å². The summed E-state index contributed by atoms with van der Waals surface area (Å²) in [6.07, 6.45) is -21.2. The molecule has 15 atom stereocenters. The van der Waals surface area contributed by atoms with Crippen molar-refractivity contribution in [2.24, 2.45) is 11.5 Å². The van der Waals surface area contributed by atoms with Crippen LogP contribution >= 0.6 is 0 Å². The second-order valence-electron chi connectivity index (χ2n) is 8.50. The first-order valence-corrected chi connectivity index (χ1v) is 10.7. The lowest BCUT2D eigenvalue weighted by atomic mass is 9.95. The van der Waals surface area contributed by atoms with Crippen molar-refractivity contribution in [1.29, 1.82) is 0 Å². The quantitative estimate of drug-likeness (QED) is 0.154. The maximum atomic E-state index is 10.7. The van der Waals surface area contributed by atoms with Crippen LogP contribution in [0.5, 0.6) is 0 Å². The van der Waals surface area contributed by atoms with Crippen molar-refractivity contribution >= 4 is 0 Å². The molecule has 16 nitrogen and oxygen atoms in total. The van der Waals surface area contributed by atoms with E-state index in [0.717, 1.165) is 0 Å². The maximum Gasteiger partial charge on any atom is 0.187 e. The highest BCUT2D eigenvalue weighted by Gasteiger charge is 2.52. The van der Waals surface area contributed by atoms with E-state index in [2.05, 4.69) is 0 Å². The summed E-state index contributed by atoms with van der Waals surface area (Å²) in [5.41, 5.74) is 11.3. The average molecular weight is 502 g/mol. The zero-order valence-corrected chi connectivity index (χ0v) is 18.0. The Hall–Kier alpha value is -0.640. The van der Waals surface area contributed by atoms with Crippen LogP contribution < -0.4 is 11.5 Å². The zero-order valence-electron chi connectivity index (χ0n) is 18.0. The monoisotopic (exact) mass is 502 g/mol. The van der Waals surface area contributed by atoms with Crippen LogP contribution in [-0.2, 0) is 23.7 Å². The Morgan fingerprint density at radius 1 is 0.529 bits per heavy atom. The van der Waals surface area contributed by atoms with Crippen molar-refractivity contribution in [2.75, 3.05) is 19.8 Å². The summed E-state index contributed by atoms with van der Waals surface area (Å²) in [5.74, 6) is 0. The molecule has 16 heteroatoms. The van der Waals surface area contributed by atoms with Gasteiger partial charge in [0.25, 0.3) is 0 Å². The molecule has 0 aliphatic carbocycles. The summed E-state index contributed by atoms with van der Waals surface area (Å²) >= 11 is 0. The van der Waals surface area contributed by atoms with E-state index in [-0.39, 0.29) is 0 Å². The van der Waals surface area contributed by atoms with Crippen LogP contribution in [0.3, 0.4) is 0 Å². The van der Waals surface area contributed by atoms with E-state index in [1.807, 2.05) is 0 Å². The summed E-state index contributed by atoms with van der Waals surface area (Å²) in [7, 11) is 0. The second-order valence-corrected chi connectivity index (χ2v) is 8.50. The molecule has 0 amide bonds. The minimum absolute atomic E-state index is 0.652. The highest BCUT2D eigenvalue weighted by molar-refractivity contribution is 4.97. The topological polar surface area (TPSA) is 280 Å². The van der Waals surface area contributed by atoms with Gasteiger partial charge in [-0.15, -0.1) is 0 Å². The molecule has 13 N–H and O–H groups in total. The predicted molar refractivity (Wildman–Crippen MR) is 105 cm³/mol. The number of hydrogen-bond acceptors (Lipinski definition) is 16. The van der Waals surface area contributed by atoms with Gasteiger partial charge >= 0.3 is 0 Å². The highest BCUT2D eigenvalue weighted by Crippen LogP contribution is 2.31. The van der Waals surface area contributed by atoms with Crippen LogP contribution in [0.2, 0.25) is 0 Å². The Bertz CT molecular complexity index is 644. The molecule has 0 aromatic heterocycles. The number of rotatable bonds is 7. The minimum atomic E-state index is -1.85. The summed E-state index contributed by atoms with van der Waals surface area (Å²) in [5, 5.41) is 90.3. The van der Waals surface area contributed by atoms with Gasteiger partial charge in [0.2, 0.25) is 0 Å². The molecular formula is C18H34N2O14. The number of ether oxygens (including phenoxy) is 5. The van der Waals surface area contributed by atoms with Gasteiger partial charge in [-0.2, -0.15) is 0 Å². The van der Waals surface area contributed by atoms with Gasteiger partial charge < -0.3 is 81.1 Å². The molecule has 34 heavy (non-hydrogen) atoms. The van der Waals surface area contributed by atoms with E-state index < -0.39 is 112 Å². The fourth-order valence-electron chi connectivity index (χ4n) is 4.15. The third-order valence-electron chi connectivity index (χ3n) is 6.24. The van der Waals surface area contributed by atoms with Gasteiger partial charge in [-0.1, -0.05) is 0 Å². The van der Waals surface area contributed by atoms with Crippen LogP contribution in [0.1, 0.15) is 0 Å². The average Bonchev–Trinajstić information content (AvgIpc) is 2.83. The Kier molecular flexibility index (Phi) is 9.54. The van der Waals surface area contributed by atoms with E-state index in [4.69, 9.17) is 35.2 Å². The van der Waals surface area contributed by atoms with E-state index in [9.17, 15) is 46.0 Å². The third-order valence-corrected chi connectivity index (χ3v) is 6.24. The van der Waals surface area contributed by atoms with Crippen molar-refractivity contribution in [3.8, 4) is 0 Å². The largest absolute Gasteiger partial charge is 0.394 e. The van der Waals surface area contributed by atoms with Gasteiger partial charge in [0.05, 0.1) is 25.9 Å². The van der Waals surface area contributed by atoms with Gasteiger partial charge in [-0.3, -0.25) is 0 Å². The van der Waals surface area contributed by atoms with Crippen LogP contribution in [0, 0.1) is 0 Å². The lowest BCUT2D eigenvalue weighted by molar-refractivity contribution is -0.367. The van der Waals surface area contributed by atoms with E-state index >= 15 is 0 Å². The Morgan fingerprint density at radius 2 is 0.971 bits per heavy atom. The van der Waals surface area contributed by atoms with Crippen molar-refractivity contribution < 1.29 is 69.6 Å². The molecule has 3 aliphatic rings. The summed E-state index contributed by atoms with van der Waals surface area (Å²) in [6, 6.07) is -1.27. The van der Waals surface area contributed by atoms with Crippen molar-refractivity contribution in [3.63, 3.8) is 0 Å². The molecule has 3 saturated heterocycles.